The van der Waals surface area contributed by atoms with Crippen LogP contribution in [0.5, 0.6) is 0 Å². The van der Waals surface area contributed by atoms with E-state index < -0.39 is 0 Å². The van der Waals surface area contributed by atoms with E-state index in [0.29, 0.717) is 0 Å². The number of hydrogen-bond acceptors (Lipinski definition) is 4. The summed E-state index contributed by atoms with van der Waals surface area (Å²) < 4.78 is 11.8. The van der Waals surface area contributed by atoms with E-state index in [1.54, 1.807) is 0 Å². The van der Waals surface area contributed by atoms with Gasteiger partial charge in [-0.25, -0.2) is 4.98 Å². The van der Waals surface area contributed by atoms with Gasteiger partial charge in [0.05, 0.1) is 23.1 Å². The average molecular weight is 521 g/mol. The third-order valence-electron chi connectivity index (χ3n) is 7.01. The predicted molar refractivity (Wildman–Crippen MR) is 161 cm³/mol. The van der Waals surface area contributed by atoms with Gasteiger partial charge in [0.2, 0.25) is 0 Å². The molecule has 186 valence electrons. The Hall–Kier alpha value is -4.87. The highest BCUT2D eigenvalue weighted by atomic mass is 32.1. The van der Waals surface area contributed by atoms with Gasteiger partial charge in [0.25, 0.3) is 0 Å². The highest BCUT2D eigenvalue weighted by molar-refractivity contribution is 7.00. The molecule has 4 nitrogen and oxygen atoms in total. The monoisotopic (exact) mass is 520 g/mol. The number of rotatable bonds is 5. The lowest BCUT2D eigenvalue weighted by molar-refractivity contribution is 1.08. The maximum absolute atomic E-state index is 5.35. The summed E-state index contributed by atoms with van der Waals surface area (Å²) in [7, 11) is 0. The first-order valence-corrected chi connectivity index (χ1v) is 13.6. The molecule has 2 heterocycles. The largest absolute Gasteiger partial charge is 0.292 e. The molecule has 0 atom stereocenters. The molecule has 0 spiro atoms. The molecule has 7 aromatic rings. The fraction of sp³-hybridized carbons (Fsp3) is 0.0294. The molecule has 5 aromatic carbocycles. The van der Waals surface area contributed by atoms with Gasteiger partial charge in [0.15, 0.2) is 0 Å². The number of aryl methyl sites for hydroxylation is 1. The lowest BCUT2D eigenvalue weighted by Crippen LogP contribution is -2.00. The fourth-order valence-electron chi connectivity index (χ4n) is 5.10. The third-order valence-corrected chi connectivity index (χ3v) is 7.53. The summed E-state index contributed by atoms with van der Waals surface area (Å²) in [6.45, 7) is 2.10. The molecule has 0 aliphatic heterocycles. The number of para-hydroxylation sites is 1. The van der Waals surface area contributed by atoms with Crippen LogP contribution in [0.1, 0.15) is 5.56 Å². The number of aromatic nitrogens is 4. The minimum absolute atomic E-state index is 0.840. The Bertz CT molecular complexity index is 1890. The maximum atomic E-state index is 5.35. The highest BCUT2D eigenvalue weighted by Crippen LogP contribution is 2.41. The van der Waals surface area contributed by atoms with Gasteiger partial charge in [-0.2, -0.15) is 8.75 Å². The van der Waals surface area contributed by atoms with Gasteiger partial charge >= 0.3 is 0 Å². The number of nitrogens with zero attached hydrogens (tertiary/aromatic N) is 4. The fourth-order valence-corrected chi connectivity index (χ4v) is 5.68. The number of imidazole rings is 1. The second kappa shape index (κ2) is 9.78. The summed E-state index contributed by atoms with van der Waals surface area (Å²) in [6, 6.07) is 44.2. The zero-order valence-corrected chi connectivity index (χ0v) is 22.1. The minimum Gasteiger partial charge on any atom is -0.292 e. The van der Waals surface area contributed by atoms with Crippen LogP contribution in [-0.4, -0.2) is 18.3 Å². The summed E-state index contributed by atoms with van der Waals surface area (Å²) in [5, 5.41) is 0. The molecule has 0 saturated carbocycles. The van der Waals surface area contributed by atoms with Crippen molar-refractivity contribution in [2.24, 2.45) is 0 Å². The average Bonchev–Trinajstić information content (AvgIpc) is 3.65. The highest BCUT2D eigenvalue weighted by Gasteiger charge is 2.25. The van der Waals surface area contributed by atoms with Crippen molar-refractivity contribution >= 4 is 22.8 Å². The quantitative estimate of drug-likeness (QED) is 0.228. The predicted octanol–water partition coefficient (Wildman–Crippen LogP) is 8.85. The van der Waals surface area contributed by atoms with Crippen molar-refractivity contribution in [3.8, 4) is 50.7 Å². The lowest BCUT2D eigenvalue weighted by atomic mass is 10.00. The minimum atomic E-state index is 0.840. The van der Waals surface area contributed by atoms with E-state index in [2.05, 4.69) is 121 Å². The molecule has 0 bridgehead atoms. The van der Waals surface area contributed by atoms with Gasteiger partial charge in [0.1, 0.15) is 16.9 Å². The SMILES string of the molecule is Cc1ccc(-c2ccc(-c3nc(-c4ccccc4)c(-c4ccccc4)n3-c3ccccc3)c3nsnc23)cc1. The maximum Gasteiger partial charge on any atom is 0.148 e. The number of hydrogen-bond donors (Lipinski definition) is 0. The van der Waals surface area contributed by atoms with Crippen molar-refractivity contribution in [1.29, 1.82) is 0 Å². The van der Waals surface area contributed by atoms with Crippen LogP contribution in [0.2, 0.25) is 0 Å². The van der Waals surface area contributed by atoms with Gasteiger partial charge in [-0.1, -0.05) is 115 Å². The molecule has 0 N–H and O–H groups in total. The smallest absolute Gasteiger partial charge is 0.148 e. The van der Waals surface area contributed by atoms with Crippen molar-refractivity contribution < 1.29 is 0 Å². The molecule has 0 aliphatic rings. The Morgan fingerprint density at radius 3 is 1.77 bits per heavy atom. The van der Waals surface area contributed by atoms with Gasteiger partial charge in [0, 0.05) is 27.9 Å². The van der Waals surface area contributed by atoms with Crippen LogP contribution in [0, 0.1) is 6.92 Å². The van der Waals surface area contributed by atoms with Crippen LogP contribution in [0.3, 0.4) is 0 Å². The van der Waals surface area contributed by atoms with Crippen LogP contribution >= 0.6 is 11.7 Å². The first-order chi connectivity index (χ1) is 19.3. The normalized spacial score (nSPS) is 11.2. The summed E-state index contributed by atoms with van der Waals surface area (Å²) in [4.78, 5) is 5.35. The van der Waals surface area contributed by atoms with Gasteiger partial charge in [-0.3, -0.25) is 4.57 Å². The van der Waals surface area contributed by atoms with E-state index in [0.717, 1.165) is 61.8 Å². The van der Waals surface area contributed by atoms with Crippen LogP contribution in [0.25, 0.3) is 61.8 Å². The first-order valence-electron chi connectivity index (χ1n) is 12.9. The topological polar surface area (TPSA) is 43.6 Å². The number of fused-ring (bicyclic) bond motifs is 1. The molecular formula is C34H24N4S. The molecule has 0 amide bonds. The Balaban J connectivity index is 1.55. The molecule has 2 aromatic heterocycles. The summed E-state index contributed by atoms with van der Waals surface area (Å²) in [5.74, 6) is 0.840. The van der Waals surface area contributed by atoms with Crippen LogP contribution in [-0.2, 0) is 0 Å². The Morgan fingerprint density at radius 2 is 1.10 bits per heavy atom. The van der Waals surface area contributed by atoms with E-state index in [1.807, 2.05) is 18.2 Å². The summed E-state index contributed by atoms with van der Waals surface area (Å²) in [5.41, 5.74) is 11.3. The molecule has 0 saturated heterocycles. The van der Waals surface area contributed by atoms with Crippen molar-refractivity contribution in [1.82, 2.24) is 18.3 Å². The zero-order valence-electron chi connectivity index (χ0n) is 21.3. The molecule has 7 rings (SSSR count). The molecule has 0 unspecified atom stereocenters. The number of benzene rings is 5. The van der Waals surface area contributed by atoms with E-state index in [1.165, 1.54) is 17.3 Å². The standard InChI is InChI=1S/C34H24N4S/c1-23-17-19-24(20-18-23)28-21-22-29(32-31(28)36-39-37-32)34-35-30(25-11-5-2-6-12-25)33(26-13-7-3-8-14-26)38(34)27-15-9-4-10-16-27/h2-22H,1H3. The van der Waals surface area contributed by atoms with Crippen molar-refractivity contribution in [3.05, 3.63) is 133 Å². The Kier molecular flexibility index (Phi) is 5.83. The van der Waals surface area contributed by atoms with E-state index in [-0.39, 0.29) is 0 Å². The second-order valence-electron chi connectivity index (χ2n) is 9.52. The summed E-state index contributed by atoms with van der Waals surface area (Å²) >= 11 is 1.24. The van der Waals surface area contributed by atoms with Crippen molar-refractivity contribution in [3.63, 3.8) is 0 Å². The molecule has 0 fully saturated rings. The zero-order chi connectivity index (χ0) is 26.2. The molecular weight excluding hydrogens is 496 g/mol. The van der Waals surface area contributed by atoms with E-state index >= 15 is 0 Å². The van der Waals surface area contributed by atoms with Gasteiger partial charge < -0.3 is 0 Å². The van der Waals surface area contributed by atoms with Crippen LogP contribution in [0.15, 0.2) is 127 Å². The van der Waals surface area contributed by atoms with Crippen LogP contribution < -0.4 is 0 Å². The summed E-state index contributed by atoms with van der Waals surface area (Å²) in [6.07, 6.45) is 0. The van der Waals surface area contributed by atoms with Gasteiger partial charge in [-0.15, -0.1) is 0 Å². The molecule has 0 aliphatic carbocycles. The molecule has 0 radical (unpaired) electrons. The lowest BCUT2D eigenvalue weighted by Gasteiger charge is -2.14. The first kappa shape index (κ1) is 23.3. The molecule has 39 heavy (non-hydrogen) atoms. The van der Waals surface area contributed by atoms with E-state index in [4.69, 9.17) is 13.7 Å². The van der Waals surface area contributed by atoms with Gasteiger partial charge in [-0.05, 0) is 30.7 Å². The van der Waals surface area contributed by atoms with Crippen LogP contribution in [0.4, 0.5) is 0 Å². The van der Waals surface area contributed by atoms with Crippen molar-refractivity contribution in [2.45, 2.75) is 6.92 Å². The Labute approximate surface area is 231 Å². The second-order valence-corrected chi connectivity index (χ2v) is 10.1. The van der Waals surface area contributed by atoms with Crippen molar-refractivity contribution in [2.75, 3.05) is 0 Å². The Morgan fingerprint density at radius 1 is 0.538 bits per heavy atom. The molecule has 5 heteroatoms. The third kappa shape index (κ3) is 4.13. The van der Waals surface area contributed by atoms with E-state index in [9.17, 15) is 0 Å².